The van der Waals surface area contributed by atoms with Gasteiger partial charge in [0.25, 0.3) is 5.91 Å². The zero-order valence-electron chi connectivity index (χ0n) is 19.3. The van der Waals surface area contributed by atoms with Crippen LogP contribution in [0.2, 0.25) is 0 Å². The maximum atomic E-state index is 12.9. The quantitative estimate of drug-likeness (QED) is 0.316. The van der Waals surface area contributed by atoms with Gasteiger partial charge in [-0.15, -0.1) is 0 Å². The number of rotatable bonds is 9. The summed E-state index contributed by atoms with van der Waals surface area (Å²) in [6.07, 6.45) is 2.56. The molecule has 0 radical (unpaired) electrons. The number of ether oxygens (including phenoxy) is 1. The molecule has 1 aliphatic rings. The van der Waals surface area contributed by atoms with Gasteiger partial charge >= 0.3 is 5.97 Å². The number of nitrogens with zero attached hydrogens (tertiary/aromatic N) is 4. The van der Waals surface area contributed by atoms with E-state index >= 15 is 0 Å². The first-order valence-corrected chi connectivity index (χ1v) is 12.1. The normalized spacial score (nSPS) is 16.1. The van der Waals surface area contributed by atoms with Crippen molar-refractivity contribution in [2.75, 3.05) is 38.2 Å². The molecule has 0 saturated carbocycles. The minimum atomic E-state index is -0.267. The molecule has 0 unspecified atom stereocenters. The van der Waals surface area contributed by atoms with Gasteiger partial charge in [-0.1, -0.05) is 18.7 Å². The molecule has 2 aromatic heterocycles. The third kappa shape index (κ3) is 6.25. The van der Waals surface area contributed by atoms with Crippen LogP contribution in [0.4, 0.5) is 5.82 Å². The minimum Gasteiger partial charge on any atom is -0.466 e. The van der Waals surface area contributed by atoms with Crippen LogP contribution in [0, 0.1) is 12.8 Å². The molecular formula is C23H32N4O4S. The number of amides is 1. The van der Waals surface area contributed by atoms with E-state index in [1.165, 1.54) is 11.8 Å². The van der Waals surface area contributed by atoms with Crippen molar-refractivity contribution in [2.45, 2.75) is 50.9 Å². The van der Waals surface area contributed by atoms with Gasteiger partial charge < -0.3 is 19.0 Å². The fourth-order valence-corrected chi connectivity index (χ4v) is 4.50. The molecule has 1 aliphatic heterocycles. The number of carbonyl (C=O) groups is 2. The summed E-state index contributed by atoms with van der Waals surface area (Å²) in [5, 5.41) is 0.681. The van der Waals surface area contributed by atoms with E-state index in [0.29, 0.717) is 42.1 Å². The fraction of sp³-hybridized carbons (Fsp3) is 0.565. The van der Waals surface area contributed by atoms with E-state index in [4.69, 9.17) is 9.15 Å². The third-order valence-electron chi connectivity index (χ3n) is 5.31. The number of carbonyl (C=O) groups excluding carboxylic acids is 2. The smallest absolute Gasteiger partial charge is 0.310 e. The molecule has 32 heavy (non-hydrogen) atoms. The van der Waals surface area contributed by atoms with Crippen molar-refractivity contribution in [2.24, 2.45) is 5.92 Å². The number of aromatic nitrogens is 2. The van der Waals surface area contributed by atoms with E-state index in [0.717, 1.165) is 37.3 Å². The average molecular weight is 461 g/mol. The highest BCUT2D eigenvalue weighted by Crippen LogP contribution is 2.25. The molecule has 1 fully saturated rings. The summed E-state index contributed by atoms with van der Waals surface area (Å²) >= 11 is 1.48. The molecule has 0 bridgehead atoms. The number of aryl methyl sites for hydroxylation is 1. The lowest BCUT2D eigenvalue weighted by molar-refractivity contribution is -0.149. The maximum Gasteiger partial charge on any atom is 0.310 e. The molecule has 174 valence electrons. The van der Waals surface area contributed by atoms with E-state index in [2.05, 4.69) is 21.8 Å². The van der Waals surface area contributed by atoms with E-state index < -0.39 is 0 Å². The van der Waals surface area contributed by atoms with Crippen LogP contribution in [0.3, 0.4) is 0 Å². The second-order valence-electron chi connectivity index (χ2n) is 7.97. The van der Waals surface area contributed by atoms with Gasteiger partial charge in [0.15, 0.2) is 10.9 Å². The zero-order chi connectivity index (χ0) is 23.1. The monoisotopic (exact) mass is 460 g/mol. The second kappa shape index (κ2) is 11.4. The standard InChI is InChI=1S/C23H32N4O4S/c1-5-11-26(4)20-13-16(3)24-23(25-20)32-15-18-9-10-19(31-18)21(28)27-12-7-8-17(14-27)22(29)30-6-2/h9-10,13,17H,5-8,11-12,14-15H2,1-4H3/t17-/m1/s1. The van der Waals surface area contributed by atoms with Gasteiger partial charge in [-0.05, 0) is 45.2 Å². The van der Waals surface area contributed by atoms with E-state index in [1.807, 2.05) is 26.1 Å². The average Bonchev–Trinajstić information content (AvgIpc) is 3.26. The van der Waals surface area contributed by atoms with E-state index in [-0.39, 0.29) is 17.8 Å². The molecular weight excluding hydrogens is 428 g/mol. The predicted octanol–water partition coefficient (Wildman–Crippen LogP) is 3.93. The van der Waals surface area contributed by atoms with Crippen LogP contribution >= 0.6 is 11.8 Å². The zero-order valence-corrected chi connectivity index (χ0v) is 20.1. The topological polar surface area (TPSA) is 88.8 Å². The van der Waals surface area contributed by atoms with Crippen molar-refractivity contribution in [1.29, 1.82) is 0 Å². The number of likely N-dealkylation sites (tertiary alicyclic amines) is 1. The summed E-state index contributed by atoms with van der Waals surface area (Å²) in [4.78, 5) is 37.9. The first kappa shape index (κ1) is 24.1. The number of hydrogen-bond donors (Lipinski definition) is 0. The molecule has 3 rings (SSSR count). The highest BCUT2D eigenvalue weighted by Gasteiger charge is 2.30. The molecule has 1 amide bonds. The lowest BCUT2D eigenvalue weighted by Gasteiger charge is -2.30. The van der Waals surface area contributed by atoms with Crippen molar-refractivity contribution in [3.05, 3.63) is 35.4 Å². The number of hydrogen-bond acceptors (Lipinski definition) is 8. The molecule has 1 saturated heterocycles. The number of thioether (sulfide) groups is 1. The van der Waals surface area contributed by atoms with Crippen molar-refractivity contribution >= 4 is 29.5 Å². The van der Waals surface area contributed by atoms with Gasteiger partial charge in [0.1, 0.15) is 11.6 Å². The molecule has 2 aromatic rings. The van der Waals surface area contributed by atoms with Crippen LogP contribution < -0.4 is 4.90 Å². The van der Waals surface area contributed by atoms with Crippen LogP contribution in [-0.2, 0) is 15.3 Å². The lowest BCUT2D eigenvalue weighted by atomic mass is 9.98. The molecule has 0 N–H and O–H groups in total. The largest absolute Gasteiger partial charge is 0.466 e. The maximum absolute atomic E-state index is 12.9. The first-order valence-electron chi connectivity index (χ1n) is 11.2. The second-order valence-corrected chi connectivity index (χ2v) is 8.91. The van der Waals surface area contributed by atoms with Crippen molar-refractivity contribution in [1.82, 2.24) is 14.9 Å². The van der Waals surface area contributed by atoms with E-state index in [1.54, 1.807) is 17.9 Å². The fourth-order valence-electron chi connectivity index (χ4n) is 3.71. The van der Waals surface area contributed by atoms with Crippen LogP contribution in [-0.4, -0.2) is 60.0 Å². The number of piperidine rings is 1. The Morgan fingerprint density at radius 1 is 1.31 bits per heavy atom. The Balaban J connectivity index is 1.60. The third-order valence-corrected chi connectivity index (χ3v) is 6.18. The van der Waals surface area contributed by atoms with Crippen LogP contribution in [0.1, 0.15) is 55.1 Å². The Bertz CT molecular complexity index is 932. The van der Waals surface area contributed by atoms with Gasteiger partial charge in [-0.3, -0.25) is 9.59 Å². The highest BCUT2D eigenvalue weighted by molar-refractivity contribution is 7.98. The first-order chi connectivity index (χ1) is 15.4. The van der Waals surface area contributed by atoms with Gasteiger partial charge in [0.2, 0.25) is 0 Å². The van der Waals surface area contributed by atoms with Crippen molar-refractivity contribution < 1.29 is 18.7 Å². The summed E-state index contributed by atoms with van der Waals surface area (Å²) in [5.74, 6) is 1.72. The Kier molecular flexibility index (Phi) is 8.55. The number of anilines is 1. The summed E-state index contributed by atoms with van der Waals surface area (Å²) in [5.41, 5.74) is 0.914. The van der Waals surface area contributed by atoms with Crippen LogP contribution in [0.5, 0.6) is 0 Å². The Morgan fingerprint density at radius 2 is 2.12 bits per heavy atom. The summed E-state index contributed by atoms with van der Waals surface area (Å²) in [7, 11) is 2.03. The minimum absolute atomic E-state index is 0.189. The Hall–Kier alpha value is -2.55. The van der Waals surface area contributed by atoms with Gasteiger partial charge in [-0.25, -0.2) is 9.97 Å². The molecule has 3 heterocycles. The van der Waals surface area contributed by atoms with Crippen LogP contribution in [0.25, 0.3) is 0 Å². The molecule has 0 aliphatic carbocycles. The molecule has 0 spiro atoms. The lowest BCUT2D eigenvalue weighted by Crippen LogP contribution is -2.42. The highest BCUT2D eigenvalue weighted by atomic mass is 32.2. The molecule has 9 heteroatoms. The Morgan fingerprint density at radius 3 is 2.88 bits per heavy atom. The van der Waals surface area contributed by atoms with E-state index in [9.17, 15) is 9.59 Å². The van der Waals surface area contributed by atoms with Gasteiger partial charge in [0.05, 0.1) is 18.3 Å². The van der Waals surface area contributed by atoms with Crippen LogP contribution in [0.15, 0.2) is 27.8 Å². The predicted molar refractivity (Wildman–Crippen MR) is 124 cm³/mol. The molecule has 0 aromatic carbocycles. The summed E-state index contributed by atoms with van der Waals surface area (Å²) < 4.78 is 10.9. The number of furan rings is 1. The SMILES string of the molecule is CCCN(C)c1cc(C)nc(SCc2ccc(C(=O)N3CCC[C@@H](C(=O)OCC)C3)o2)n1. The molecule has 8 nitrogen and oxygen atoms in total. The number of esters is 1. The van der Waals surface area contributed by atoms with Crippen molar-refractivity contribution in [3.8, 4) is 0 Å². The van der Waals surface area contributed by atoms with Crippen molar-refractivity contribution in [3.63, 3.8) is 0 Å². The Labute approximate surface area is 193 Å². The summed E-state index contributed by atoms with van der Waals surface area (Å²) in [6.45, 7) is 8.15. The summed E-state index contributed by atoms with van der Waals surface area (Å²) in [6, 6.07) is 5.49. The molecule has 1 atom stereocenters. The van der Waals surface area contributed by atoms with Gasteiger partial charge in [0, 0.05) is 38.4 Å². The van der Waals surface area contributed by atoms with Gasteiger partial charge in [-0.2, -0.15) is 0 Å².